The van der Waals surface area contributed by atoms with E-state index >= 15 is 0 Å². The molecule has 0 bridgehead atoms. The van der Waals surface area contributed by atoms with Crippen LogP contribution in [0.4, 0.5) is 0 Å². The van der Waals surface area contributed by atoms with Gasteiger partial charge in [-0.2, -0.15) is 0 Å². The Bertz CT molecular complexity index is 752. The molecule has 3 heteroatoms. The van der Waals surface area contributed by atoms with Crippen molar-refractivity contribution in [2.75, 3.05) is 19.6 Å². The van der Waals surface area contributed by atoms with Gasteiger partial charge in [-0.25, -0.2) is 0 Å². The molecule has 2 aromatic carbocycles. The van der Waals surface area contributed by atoms with Crippen molar-refractivity contribution in [3.8, 4) is 0 Å². The first-order valence-corrected chi connectivity index (χ1v) is 9.61. The Kier molecular flexibility index (Phi) is 5.16. The van der Waals surface area contributed by atoms with Gasteiger partial charge in [-0.1, -0.05) is 60.7 Å². The number of amides is 1. The molecule has 26 heavy (non-hydrogen) atoms. The van der Waals surface area contributed by atoms with Gasteiger partial charge in [0.25, 0.3) is 0 Å². The van der Waals surface area contributed by atoms with Crippen molar-refractivity contribution < 1.29 is 4.79 Å². The van der Waals surface area contributed by atoms with E-state index in [0.717, 1.165) is 37.7 Å². The van der Waals surface area contributed by atoms with Gasteiger partial charge in [-0.15, -0.1) is 0 Å². The summed E-state index contributed by atoms with van der Waals surface area (Å²) in [5, 5.41) is 0. The van der Waals surface area contributed by atoms with E-state index in [1.165, 1.54) is 18.4 Å². The molecule has 1 saturated carbocycles. The molecule has 1 aliphatic heterocycles. The first kappa shape index (κ1) is 17.0. The lowest BCUT2D eigenvalue weighted by molar-refractivity contribution is -0.130. The fourth-order valence-electron chi connectivity index (χ4n) is 3.83. The molecule has 2 aromatic rings. The Hall–Kier alpha value is -2.39. The molecular formula is C23H26N2O. The van der Waals surface area contributed by atoms with Crippen molar-refractivity contribution in [3.63, 3.8) is 0 Å². The molecule has 0 N–H and O–H groups in total. The van der Waals surface area contributed by atoms with Crippen LogP contribution in [-0.4, -0.2) is 47.4 Å². The molecule has 4 rings (SSSR count). The Labute approximate surface area is 155 Å². The van der Waals surface area contributed by atoms with Crippen LogP contribution in [0.15, 0.2) is 66.7 Å². The van der Waals surface area contributed by atoms with Crippen molar-refractivity contribution in [3.05, 3.63) is 77.9 Å². The second kappa shape index (κ2) is 7.88. The van der Waals surface area contributed by atoms with Crippen molar-refractivity contribution in [2.45, 2.75) is 31.3 Å². The normalized spacial score (nSPS) is 21.2. The first-order valence-electron chi connectivity index (χ1n) is 9.61. The minimum absolute atomic E-state index is 0.130. The number of piperazine rings is 1. The number of nitrogens with zero attached hydrogens (tertiary/aromatic N) is 2. The third-order valence-electron chi connectivity index (χ3n) is 5.39. The molecule has 2 fully saturated rings. The van der Waals surface area contributed by atoms with Crippen LogP contribution in [-0.2, 0) is 11.2 Å². The van der Waals surface area contributed by atoms with Crippen LogP contribution in [0.1, 0.15) is 24.0 Å². The third kappa shape index (κ3) is 4.23. The average Bonchev–Trinajstić information content (AvgIpc) is 3.53. The molecule has 2 aliphatic rings. The van der Waals surface area contributed by atoms with Crippen LogP contribution in [0.5, 0.6) is 0 Å². The third-order valence-corrected chi connectivity index (χ3v) is 5.39. The molecule has 1 aliphatic carbocycles. The van der Waals surface area contributed by atoms with Gasteiger partial charge in [0.1, 0.15) is 0 Å². The van der Waals surface area contributed by atoms with Gasteiger partial charge in [-0.05, 0) is 36.5 Å². The van der Waals surface area contributed by atoms with Gasteiger partial charge >= 0.3 is 0 Å². The number of benzene rings is 2. The van der Waals surface area contributed by atoms with E-state index in [1.807, 2.05) is 42.5 Å². The predicted molar refractivity (Wildman–Crippen MR) is 106 cm³/mol. The number of hydrogen-bond donors (Lipinski definition) is 0. The Morgan fingerprint density at radius 3 is 2.35 bits per heavy atom. The van der Waals surface area contributed by atoms with Crippen molar-refractivity contribution in [2.24, 2.45) is 0 Å². The van der Waals surface area contributed by atoms with Gasteiger partial charge in [0.05, 0.1) is 0 Å². The standard InChI is InChI=1S/C23H26N2O/c26-23(14-11-19-7-3-1-4-8-19)25-16-15-24(21-12-13-21)18-22(25)17-20-9-5-2-6-10-20/h1-11,14,21-22H,12-13,15-18H2/b14-11+/t22-/m0/s1. The van der Waals surface area contributed by atoms with Crippen molar-refractivity contribution in [1.29, 1.82) is 0 Å². The zero-order valence-corrected chi connectivity index (χ0v) is 15.1. The SMILES string of the molecule is O=C(/C=C/c1ccccc1)N1CCN(C2CC2)C[C@@H]1Cc1ccccc1. The predicted octanol–water partition coefficient (Wildman–Crippen LogP) is 3.62. The highest BCUT2D eigenvalue weighted by atomic mass is 16.2. The average molecular weight is 346 g/mol. The Morgan fingerprint density at radius 2 is 1.65 bits per heavy atom. The summed E-state index contributed by atoms with van der Waals surface area (Å²) in [4.78, 5) is 17.5. The smallest absolute Gasteiger partial charge is 0.246 e. The highest BCUT2D eigenvalue weighted by Gasteiger charge is 2.36. The van der Waals surface area contributed by atoms with Gasteiger partial charge in [-0.3, -0.25) is 9.69 Å². The topological polar surface area (TPSA) is 23.6 Å². The van der Waals surface area contributed by atoms with E-state index < -0.39 is 0 Å². The van der Waals surface area contributed by atoms with Crippen molar-refractivity contribution >= 4 is 12.0 Å². The van der Waals surface area contributed by atoms with E-state index in [2.05, 4.69) is 34.1 Å². The summed E-state index contributed by atoms with van der Waals surface area (Å²) in [5.74, 6) is 0.130. The second-order valence-electron chi connectivity index (χ2n) is 7.35. The maximum absolute atomic E-state index is 12.9. The van der Waals surface area contributed by atoms with E-state index in [1.54, 1.807) is 6.08 Å². The number of carbonyl (C=O) groups is 1. The summed E-state index contributed by atoms with van der Waals surface area (Å²) in [7, 11) is 0. The highest BCUT2D eigenvalue weighted by Crippen LogP contribution is 2.29. The quantitative estimate of drug-likeness (QED) is 0.772. The molecule has 1 atom stereocenters. The molecule has 0 unspecified atom stereocenters. The first-order chi connectivity index (χ1) is 12.8. The lowest BCUT2D eigenvalue weighted by atomic mass is 10.0. The molecule has 1 heterocycles. The zero-order valence-electron chi connectivity index (χ0n) is 15.1. The van der Waals surface area contributed by atoms with Crippen LogP contribution < -0.4 is 0 Å². The number of hydrogen-bond acceptors (Lipinski definition) is 2. The summed E-state index contributed by atoms with van der Waals surface area (Å²) in [5.41, 5.74) is 2.37. The molecule has 0 aromatic heterocycles. The van der Waals surface area contributed by atoms with Gasteiger partial charge in [0, 0.05) is 37.8 Å². The van der Waals surface area contributed by atoms with Crippen LogP contribution in [0.3, 0.4) is 0 Å². The Balaban J connectivity index is 1.48. The van der Waals surface area contributed by atoms with Gasteiger partial charge in [0.15, 0.2) is 0 Å². The van der Waals surface area contributed by atoms with Crippen LogP contribution in [0.25, 0.3) is 6.08 Å². The monoisotopic (exact) mass is 346 g/mol. The lowest BCUT2D eigenvalue weighted by Crippen LogP contribution is -2.56. The summed E-state index contributed by atoms with van der Waals surface area (Å²) < 4.78 is 0. The fourth-order valence-corrected chi connectivity index (χ4v) is 3.83. The molecule has 134 valence electrons. The maximum Gasteiger partial charge on any atom is 0.246 e. The minimum Gasteiger partial charge on any atom is -0.333 e. The Morgan fingerprint density at radius 1 is 0.962 bits per heavy atom. The summed E-state index contributed by atoms with van der Waals surface area (Å²) in [6.45, 7) is 2.82. The fraction of sp³-hybridized carbons (Fsp3) is 0.348. The van der Waals surface area contributed by atoms with Gasteiger partial charge in [0.2, 0.25) is 5.91 Å². The molecular weight excluding hydrogens is 320 g/mol. The minimum atomic E-state index is 0.130. The van der Waals surface area contributed by atoms with E-state index in [-0.39, 0.29) is 11.9 Å². The molecule has 1 amide bonds. The summed E-state index contributed by atoms with van der Waals surface area (Å²) in [6.07, 6.45) is 7.23. The summed E-state index contributed by atoms with van der Waals surface area (Å²) >= 11 is 0. The number of rotatable bonds is 5. The maximum atomic E-state index is 12.9. The second-order valence-corrected chi connectivity index (χ2v) is 7.35. The molecule has 1 saturated heterocycles. The van der Waals surface area contributed by atoms with Crippen LogP contribution >= 0.6 is 0 Å². The molecule has 0 spiro atoms. The molecule has 3 nitrogen and oxygen atoms in total. The van der Waals surface area contributed by atoms with Crippen LogP contribution in [0, 0.1) is 0 Å². The van der Waals surface area contributed by atoms with E-state index in [4.69, 9.17) is 0 Å². The van der Waals surface area contributed by atoms with Gasteiger partial charge < -0.3 is 4.90 Å². The lowest BCUT2D eigenvalue weighted by Gasteiger charge is -2.41. The van der Waals surface area contributed by atoms with E-state index in [0.29, 0.717) is 0 Å². The van der Waals surface area contributed by atoms with Crippen molar-refractivity contribution in [1.82, 2.24) is 9.80 Å². The largest absolute Gasteiger partial charge is 0.333 e. The van der Waals surface area contributed by atoms with Crippen LogP contribution in [0.2, 0.25) is 0 Å². The highest BCUT2D eigenvalue weighted by molar-refractivity contribution is 5.92. The number of carbonyl (C=O) groups excluding carboxylic acids is 1. The van der Waals surface area contributed by atoms with E-state index in [9.17, 15) is 4.79 Å². The zero-order chi connectivity index (χ0) is 17.8. The summed E-state index contributed by atoms with van der Waals surface area (Å²) in [6, 6.07) is 21.6. The molecule has 0 radical (unpaired) electrons.